The van der Waals surface area contributed by atoms with Gasteiger partial charge in [-0.3, -0.25) is 0 Å². The number of fused-ring (bicyclic) bond motifs is 1. The molecule has 1 N–H and O–H groups in total. The fourth-order valence-electron chi connectivity index (χ4n) is 2.93. The molecule has 0 saturated heterocycles. The van der Waals surface area contributed by atoms with Crippen molar-refractivity contribution in [3.8, 4) is 16.9 Å². The van der Waals surface area contributed by atoms with Gasteiger partial charge in [-0.15, -0.1) is 0 Å². The van der Waals surface area contributed by atoms with E-state index in [1.54, 1.807) is 6.07 Å². The predicted octanol–water partition coefficient (Wildman–Crippen LogP) is 4.04. The Morgan fingerprint density at radius 2 is 1.89 bits per heavy atom. The van der Waals surface area contributed by atoms with E-state index in [4.69, 9.17) is 4.74 Å². The number of aromatic hydroxyl groups is 1. The van der Waals surface area contributed by atoms with Gasteiger partial charge < -0.3 is 9.84 Å². The van der Waals surface area contributed by atoms with Gasteiger partial charge in [0.05, 0.1) is 12.7 Å². The van der Waals surface area contributed by atoms with Gasteiger partial charge in [0.1, 0.15) is 5.75 Å². The van der Waals surface area contributed by atoms with Crippen molar-refractivity contribution in [1.29, 1.82) is 0 Å². The summed E-state index contributed by atoms with van der Waals surface area (Å²) in [7, 11) is 0. The molecular formula is C17H16O2. The maximum atomic E-state index is 9.97. The Morgan fingerprint density at radius 3 is 2.68 bits per heavy atom. The minimum absolute atomic E-state index is 0.279. The Kier molecular flexibility index (Phi) is 2.39. The quantitative estimate of drug-likeness (QED) is 0.874. The summed E-state index contributed by atoms with van der Waals surface area (Å²) < 4.78 is 5.91. The number of hydrogen-bond acceptors (Lipinski definition) is 2. The highest BCUT2D eigenvalue weighted by Gasteiger charge is 2.37. The molecule has 2 aliphatic rings. The lowest BCUT2D eigenvalue weighted by atomic mass is 9.96. The summed E-state index contributed by atoms with van der Waals surface area (Å²) in [4.78, 5) is 0. The Balaban J connectivity index is 1.79. The smallest absolute Gasteiger partial charge is 0.123 e. The van der Waals surface area contributed by atoms with Crippen molar-refractivity contribution in [1.82, 2.24) is 0 Å². The summed E-state index contributed by atoms with van der Waals surface area (Å²) in [6.07, 6.45) is 2.84. The summed E-state index contributed by atoms with van der Waals surface area (Å²) in [6.45, 7) is 0.734. The second-order valence-corrected chi connectivity index (χ2v) is 5.50. The maximum Gasteiger partial charge on any atom is 0.123 e. The van der Waals surface area contributed by atoms with Gasteiger partial charge >= 0.3 is 0 Å². The van der Waals surface area contributed by atoms with Crippen LogP contribution in [0, 0.1) is 5.92 Å². The molecule has 2 heteroatoms. The maximum absolute atomic E-state index is 9.97. The zero-order chi connectivity index (χ0) is 12.8. The molecule has 0 amide bonds. The number of benzene rings is 2. The van der Waals surface area contributed by atoms with Crippen LogP contribution < -0.4 is 0 Å². The molecule has 0 aromatic heterocycles. The highest BCUT2D eigenvalue weighted by molar-refractivity contribution is 5.71. The molecular weight excluding hydrogens is 236 g/mol. The molecule has 0 radical (unpaired) electrons. The lowest BCUT2D eigenvalue weighted by molar-refractivity contribution is 0.0507. The van der Waals surface area contributed by atoms with Gasteiger partial charge in [0.2, 0.25) is 0 Å². The predicted molar refractivity (Wildman–Crippen MR) is 73.8 cm³/mol. The molecule has 1 atom stereocenters. The molecule has 2 aromatic carbocycles. The van der Waals surface area contributed by atoms with E-state index in [0.717, 1.165) is 17.7 Å². The Bertz CT molecular complexity index is 629. The third-order valence-corrected chi connectivity index (χ3v) is 4.14. The van der Waals surface area contributed by atoms with Gasteiger partial charge in [-0.2, -0.15) is 0 Å². The van der Waals surface area contributed by atoms with E-state index in [1.807, 2.05) is 18.2 Å². The molecule has 2 nitrogen and oxygen atoms in total. The van der Waals surface area contributed by atoms with Crippen molar-refractivity contribution in [3.63, 3.8) is 0 Å². The molecule has 1 fully saturated rings. The lowest BCUT2D eigenvalue weighted by Gasteiger charge is -2.11. The van der Waals surface area contributed by atoms with Crippen molar-refractivity contribution in [2.75, 3.05) is 0 Å². The highest BCUT2D eigenvalue weighted by atomic mass is 16.5. The van der Waals surface area contributed by atoms with Gasteiger partial charge in [0.25, 0.3) is 0 Å². The van der Waals surface area contributed by atoms with Crippen LogP contribution in [0.1, 0.15) is 30.1 Å². The van der Waals surface area contributed by atoms with Crippen LogP contribution in [0.3, 0.4) is 0 Å². The molecule has 0 unspecified atom stereocenters. The highest BCUT2D eigenvalue weighted by Crippen LogP contribution is 2.48. The number of rotatable bonds is 2. The molecule has 1 aliphatic heterocycles. The monoisotopic (exact) mass is 252 g/mol. The first kappa shape index (κ1) is 11.1. The third kappa shape index (κ3) is 1.83. The number of phenols is 1. The van der Waals surface area contributed by atoms with E-state index in [0.29, 0.717) is 11.7 Å². The van der Waals surface area contributed by atoms with Crippen LogP contribution in [-0.2, 0) is 11.3 Å². The summed E-state index contributed by atoms with van der Waals surface area (Å²) in [6, 6.07) is 13.9. The van der Waals surface area contributed by atoms with Gasteiger partial charge in [-0.1, -0.05) is 30.3 Å². The second kappa shape index (κ2) is 4.10. The van der Waals surface area contributed by atoms with E-state index in [1.165, 1.54) is 24.0 Å². The SMILES string of the molecule is Oc1ccccc1-c1ccc2c(c1)[C@@H](C1CC1)OC2. The van der Waals surface area contributed by atoms with Gasteiger partial charge in [0.15, 0.2) is 0 Å². The van der Waals surface area contributed by atoms with Crippen LogP contribution >= 0.6 is 0 Å². The normalized spacial score (nSPS) is 21.4. The van der Waals surface area contributed by atoms with Crippen molar-refractivity contribution in [2.24, 2.45) is 5.92 Å². The van der Waals surface area contributed by atoms with E-state index >= 15 is 0 Å². The molecule has 1 heterocycles. The van der Waals surface area contributed by atoms with Crippen molar-refractivity contribution in [2.45, 2.75) is 25.6 Å². The molecule has 4 rings (SSSR count). The Hall–Kier alpha value is -1.80. The topological polar surface area (TPSA) is 29.5 Å². The lowest BCUT2D eigenvalue weighted by Crippen LogP contribution is -1.98. The Labute approximate surface area is 112 Å². The van der Waals surface area contributed by atoms with Crippen LogP contribution in [-0.4, -0.2) is 5.11 Å². The Morgan fingerprint density at radius 1 is 1.05 bits per heavy atom. The molecule has 2 aromatic rings. The first-order chi connectivity index (χ1) is 9.33. The van der Waals surface area contributed by atoms with Crippen molar-refractivity contribution < 1.29 is 9.84 Å². The average Bonchev–Trinajstić information content (AvgIpc) is 3.19. The van der Waals surface area contributed by atoms with Gasteiger partial charge in [0, 0.05) is 5.56 Å². The van der Waals surface area contributed by atoms with Crippen molar-refractivity contribution >= 4 is 0 Å². The van der Waals surface area contributed by atoms with Gasteiger partial charge in [-0.25, -0.2) is 0 Å². The second-order valence-electron chi connectivity index (χ2n) is 5.50. The van der Waals surface area contributed by atoms with Crippen molar-refractivity contribution in [3.05, 3.63) is 53.6 Å². The number of hydrogen-bond donors (Lipinski definition) is 1. The first-order valence-corrected chi connectivity index (χ1v) is 6.86. The summed E-state index contributed by atoms with van der Waals surface area (Å²) >= 11 is 0. The zero-order valence-corrected chi connectivity index (χ0v) is 10.7. The van der Waals surface area contributed by atoms with Crippen LogP contribution in [0.25, 0.3) is 11.1 Å². The largest absolute Gasteiger partial charge is 0.507 e. The summed E-state index contributed by atoms with van der Waals surface area (Å²) in [5, 5.41) is 9.97. The summed E-state index contributed by atoms with van der Waals surface area (Å²) in [5.74, 6) is 1.05. The van der Waals surface area contributed by atoms with Gasteiger partial charge in [-0.05, 0) is 47.6 Å². The molecule has 0 bridgehead atoms. The average molecular weight is 252 g/mol. The molecule has 1 aliphatic carbocycles. The fourth-order valence-corrected chi connectivity index (χ4v) is 2.93. The summed E-state index contributed by atoms with van der Waals surface area (Å²) in [5.41, 5.74) is 4.60. The zero-order valence-electron chi connectivity index (χ0n) is 10.7. The van der Waals surface area contributed by atoms with Crippen LogP contribution in [0.4, 0.5) is 0 Å². The number of phenolic OH excluding ortho intramolecular Hbond substituents is 1. The van der Waals surface area contributed by atoms with E-state index in [9.17, 15) is 5.11 Å². The van der Waals surface area contributed by atoms with Crippen LogP contribution in [0.5, 0.6) is 5.75 Å². The standard InChI is InChI=1S/C17H16O2/c18-16-4-2-1-3-14(16)12-7-8-13-10-19-17(11-5-6-11)15(13)9-12/h1-4,7-9,11,17-18H,5-6,10H2/t17-/m1/s1. The van der Waals surface area contributed by atoms with E-state index in [2.05, 4.69) is 18.2 Å². The molecule has 96 valence electrons. The molecule has 0 spiro atoms. The van der Waals surface area contributed by atoms with Crippen LogP contribution in [0.2, 0.25) is 0 Å². The minimum Gasteiger partial charge on any atom is -0.507 e. The molecule has 1 saturated carbocycles. The van der Waals surface area contributed by atoms with Crippen LogP contribution in [0.15, 0.2) is 42.5 Å². The fraction of sp³-hybridized carbons (Fsp3) is 0.294. The van der Waals surface area contributed by atoms with E-state index in [-0.39, 0.29) is 6.10 Å². The minimum atomic E-state index is 0.279. The number of para-hydroxylation sites is 1. The molecule has 19 heavy (non-hydrogen) atoms. The number of ether oxygens (including phenoxy) is 1. The third-order valence-electron chi connectivity index (χ3n) is 4.14. The first-order valence-electron chi connectivity index (χ1n) is 6.86. The van der Waals surface area contributed by atoms with E-state index < -0.39 is 0 Å².